The molecule has 0 aromatic rings. The number of aliphatic hydroxyl groups excluding tert-OH is 1. The first-order chi connectivity index (χ1) is 6.02. The van der Waals surface area contributed by atoms with Crippen molar-refractivity contribution < 1.29 is 31.2 Å². The number of likely N-dealkylation sites (N-methyl/N-ethyl adjacent to an activating group) is 1. The van der Waals surface area contributed by atoms with Gasteiger partial charge in [0.05, 0.1) is 6.61 Å². The number of rotatable bonds is 2. The summed E-state index contributed by atoms with van der Waals surface area (Å²) in [5.41, 5.74) is -5.53. The zero-order valence-corrected chi connectivity index (χ0v) is 8.43. The molecule has 0 fully saturated rings. The quantitative estimate of drug-likeness (QED) is 0.521. The number of halogens is 3. The SMILES string of the molecule is CN(C)CCO.O=S(=O)(O)C(F)(F)F. The van der Waals surface area contributed by atoms with Gasteiger partial charge in [-0.05, 0) is 14.1 Å². The molecule has 0 saturated heterocycles. The third-order valence-corrected chi connectivity index (χ3v) is 1.42. The van der Waals surface area contributed by atoms with Crippen molar-refractivity contribution in [1.29, 1.82) is 0 Å². The van der Waals surface area contributed by atoms with Gasteiger partial charge in [0.15, 0.2) is 0 Å². The van der Waals surface area contributed by atoms with E-state index in [1.165, 1.54) is 0 Å². The number of aliphatic hydroxyl groups is 1. The van der Waals surface area contributed by atoms with E-state index in [0.717, 1.165) is 6.54 Å². The third-order valence-electron chi connectivity index (χ3n) is 0.840. The van der Waals surface area contributed by atoms with Crippen molar-refractivity contribution in [3.63, 3.8) is 0 Å². The number of nitrogens with zero attached hydrogens (tertiary/aromatic N) is 1. The fraction of sp³-hybridized carbons (Fsp3) is 1.00. The Balaban J connectivity index is 0. The van der Waals surface area contributed by atoms with Gasteiger partial charge < -0.3 is 10.0 Å². The van der Waals surface area contributed by atoms with Crippen molar-refractivity contribution in [1.82, 2.24) is 4.90 Å². The van der Waals surface area contributed by atoms with E-state index in [4.69, 9.17) is 18.1 Å². The van der Waals surface area contributed by atoms with Crippen LogP contribution in [0.2, 0.25) is 0 Å². The molecule has 88 valence electrons. The van der Waals surface area contributed by atoms with E-state index in [1.807, 2.05) is 19.0 Å². The van der Waals surface area contributed by atoms with Gasteiger partial charge >= 0.3 is 15.6 Å². The van der Waals surface area contributed by atoms with E-state index in [1.54, 1.807) is 0 Å². The van der Waals surface area contributed by atoms with Crippen molar-refractivity contribution in [2.45, 2.75) is 5.51 Å². The first-order valence-corrected chi connectivity index (χ1v) is 4.75. The highest BCUT2D eigenvalue weighted by atomic mass is 32.2. The topological polar surface area (TPSA) is 77.8 Å². The lowest BCUT2D eigenvalue weighted by atomic mass is 10.6. The molecule has 0 rings (SSSR count). The second-order valence-corrected chi connectivity index (χ2v) is 3.86. The highest BCUT2D eigenvalue weighted by Gasteiger charge is 2.44. The maximum absolute atomic E-state index is 10.7. The molecule has 9 heteroatoms. The average molecular weight is 239 g/mol. The Hall–Kier alpha value is -0.380. The van der Waals surface area contributed by atoms with Crippen molar-refractivity contribution in [3.05, 3.63) is 0 Å². The Morgan fingerprint density at radius 1 is 1.29 bits per heavy atom. The average Bonchev–Trinajstić information content (AvgIpc) is 1.82. The Morgan fingerprint density at radius 3 is 1.57 bits per heavy atom. The Labute approximate surface area is 79.9 Å². The summed E-state index contributed by atoms with van der Waals surface area (Å²) >= 11 is 0. The van der Waals surface area contributed by atoms with Gasteiger partial charge in [-0.15, -0.1) is 0 Å². The van der Waals surface area contributed by atoms with E-state index in [0.29, 0.717) is 0 Å². The van der Waals surface area contributed by atoms with Gasteiger partial charge in [0.2, 0.25) is 0 Å². The monoisotopic (exact) mass is 239 g/mol. The van der Waals surface area contributed by atoms with E-state index in [2.05, 4.69) is 0 Å². The van der Waals surface area contributed by atoms with E-state index in [9.17, 15) is 13.2 Å². The standard InChI is InChI=1S/C4H11NO.CHF3O3S/c1-5(2)3-4-6;2-1(3,4)8(5,6)7/h6H,3-4H2,1-2H3;(H,5,6,7). The van der Waals surface area contributed by atoms with Crippen molar-refractivity contribution >= 4 is 10.1 Å². The van der Waals surface area contributed by atoms with Crippen LogP contribution in [0, 0.1) is 0 Å². The van der Waals surface area contributed by atoms with Crippen LogP contribution in [0.3, 0.4) is 0 Å². The van der Waals surface area contributed by atoms with Gasteiger partial charge in [-0.1, -0.05) is 0 Å². The van der Waals surface area contributed by atoms with Crippen LogP contribution < -0.4 is 0 Å². The first kappa shape index (κ1) is 16.1. The lowest BCUT2D eigenvalue weighted by Gasteiger charge is -2.03. The van der Waals surface area contributed by atoms with Gasteiger partial charge in [-0.2, -0.15) is 21.6 Å². The molecule has 0 saturated carbocycles. The molecule has 0 aliphatic carbocycles. The van der Waals surface area contributed by atoms with Crippen LogP contribution in [-0.4, -0.2) is 55.7 Å². The summed E-state index contributed by atoms with van der Waals surface area (Å²) in [4.78, 5) is 1.93. The molecule has 0 unspecified atom stereocenters. The molecule has 0 heterocycles. The minimum absolute atomic E-state index is 0.257. The molecule has 0 bridgehead atoms. The first-order valence-electron chi connectivity index (χ1n) is 3.31. The minimum Gasteiger partial charge on any atom is -0.395 e. The molecular weight excluding hydrogens is 227 g/mol. The number of alkyl halides is 3. The summed E-state index contributed by atoms with van der Waals surface area (Å²) < 4.78 is 57.5. The molecule has 0 aliphatic heterocycles. The largest absolute Gasteiger partial charge is 0.522 e. The maximum atomic E-state index is 10.7. The molecule has 0 amide bonds. The van der Waals surface area contributed by atoms with Gasteiger partial charge in [0, 0.05) is 6.54 Å². The fourth-order valence-electron chi connectivity index (χ4n) is 0.200. The Kier molecular flexibility index (Phi) is 7.08. The van der Waals surface area contributed by atoms with Crippen molar-refractivity contribution in [2.24, 2.45) is 0 Å². The summed E-state index contributed by atoms with van der Waals surface area (Å²) in [7, 11) is -1.99. The molecule has 2 N–H and O–H groups in total. The van der Waals surface area contributed by atoms with Crippen LogP contribution in [-0.2, 0) is 10.1 Å². The van der Waals surface area contributed by atoms with Crippen molar-refractivity contribution in [3.8, 4) is 0 Å². The summed E-state index contributed by atoms with van der Waals surface area (Å²) in [5.74, 6) is 0. The second kappa shape index (κ2) is 6.17. The molecular formula is C5H12F3NO4S. The fourth-order valence-corrected chi connectivity index (χ4v) is 0.200. The minimum atomic E-state index is -5.84. The summed E-state index contributed by atoms with van der Waals surface area (Å²) in [6.07, 6.45) is 0. The van der Waals surface area contributed by atoms with Crippen LogP contribution in [0.1, 0.15) is 0 Å². The van der Waals surface area contributed by atoms with Gasteiger partial charge in [-0.25, -0.2) is 0 Å². The molecule has 0 atom stereocenters. The third kappa shape index (κ3) is 9.71. The van der Waals surface area contributed by atoms with Crippen LogP contribution in [0.25, 0.3) is 0 Å². The molecule has 5 nitrogen and oxygen atoms in total. The molecule has 0 aromatic heterocycles. The zero-order chi connectivity index (χ0) is 12.0. The molecule has 0 radical (unpaired) electrons. The summed E-state index contributed by atoms with van der Waals surface area (Å²) in [6.45, 7) is 1.02. The van der Waals surface area contributed by atoms with Gasteiger partial charge in [-0.3, -0.25) is 4.55 Å². The highest BCUT2D eigenvalue weighted by molar-refractivity contribution is 7.86. The highest BCUT2D eigenvalue weighted by Crippen LogP contribution is 2.20. The molecule has 14 heavy (non-hydrogen) atoms. The Morgan fingerprint density at radius 2 is 1.57 bits per heavy atom. The summed E-state index contributed by atoms with van der Waals surface area (Å²) in [6, 6.07) is 0. The Bertz CT molecular complexity index is 236. The zero-order valence-electron chi connectivity index (χ0n) is 7.61. The van der Waals surface area contributed by atoms with E-state index >= 15 is 0 Å². The van der Waals surface area contributed by atoms with Crippen LogP contribution in [0.5, 0.6) is 0 Å². The second-order valence-electron chi connectivity index (χ2n) is 2.45. The van der Waals surface area contributed by atoms with Crippen LogP contribution >= 0.6 is 0 Å². The maximum Gasteiger partial charge on any atom is 0.522 e. The number of hydrogen-bond acceptors (Lipinski definition) is 4. The summed E-state index contributed by atoms with van der Waals surface area (Å²) in [5, 5.41) is 8.20. The smallest absolute Gasteiger partial charge is 0.395 e. The van der Waals surface area contributed by atoms with Crippen molar-refractivity contribution in [2.75, 3.05) is 27.2 Å². The van der Waals surface area contributed by atoms with Crippen LogP contribution in [0.15, 0.2) is 0 Å². The normalized spacial score (nSPS) is 12.3. The lowest BCUT2D eigenvalue weighted by molar-refractivity contribution is -0.0510. The van der Waals surface area contributed by atoms with Gasteiger partial charge in [0.25, 0.3) is 0 Å². The van der Waals surface area contributed by atoms with E-state index < -0.39 is 15.6 Å². The molecule has 0 aromatic carbocycles. The lowest BCUT2D eigenvalue weighted by Crippen LogP contribution is -2.21. The predicted molar refractivity (Wildman–Crippen MR) is 43.2 cm³/mol. The van der Waals surface area contributed by atoms with Crippen LogP contribution in [0.4, 0.5) is 13.2 Å². The number of hydrogen-bond donors (Lipinski definition) is 2. The predicted octanol–water partition coefficient (Wildman–Crippen LogP) is -0.0657. The van der Waals surface area contributed by atoms with E-state index in [-0.39, 0.29) is 6.61 Å². The molecule has 0 spiro atoms. The molecule has 0 aliphatic rings. The van der Waals surface area contributed by atoms with Gasteiger partial charge in [0.1, 0.15) is 0 Å².